The molecule has 0 bridgehead atoms. The van der Waals surface area contributed by atoms with E-state index in [-0.39, 0.29) is 24.7 Å². The molecular weight excluding hydrogens is 372 g/mol. The maximum absolute atomic E-state index is 11.8. The van der Waals surface area contributed by atoms with Gasteiger partial charge in [0.25, 0.3) is 0 Å². The van der Waals surface area contributed by atoms with Gasteiger partial charge in [0.15, 0.2) is 11.5 Å². The number of esters is 2. The highest BCUT2D eigenvalue weighted by molar-refractivity contribution is 5.88. The minimum Gasteiger partial charge on any atom is -0.508 e. The molecule has 0 aromatic heterocycles. The molecule has 28 heavy (non-hydrogen) atoms. The van der Waals surface area contributed by atoms with Crippen LogP contribution >= 0.6 is 0 Å². The van der Waals surface area contributed by atoms with Crippen molar-refractivity contribution in [3.05, 3.63) is 35.3 Å². The molecule has 1 aromatic rings. The molecule has 1 rings (SSSR count). The van der Waals surface area contributed by atoms with Crippen LogP contribution in [0.25, 0.3) is 6.08 Å². The van der Waals surface area contributed by atoms with Crippen LogP contribution in [0.5, 0.6) is 17.2 Å². The van der Waals surface area contributed by atoms with Gasteiger partial charge in [0.05, 0.1) is 27.9 Å². The zero-order chi connectivity index (χ0) is 21.3. The van der Waals surface area contributed by atoms with Gasteiger partial charge in [-0.15, -0.1) is 0 Å². The topological polar surface area (TPSA) is 132 Å². The summed E-state index contributed by atoms with van der Waals surface area (Å²) in [5, 5.41) is 29.0. The van der Waals surface area contributed by atoms with Crippen LogP contribution in [-0.2, 0) is 19.1 Å². The van der Waals surface area contributed by atoms with Gasteiger partial charge >= 0.3 is 11.9 Å². The highest BCUT2D eigenvalue weighted by Gasteiger charge is 2.17. The van der Waals surface area contributed by atoms with Crippen molar-refractivity contribution in [2.24, 2.45) is 5.92 Å². The summed E-state index contributed by atoms with van der Waals surface area (Å²) in [7, 11) is 3.95. The van der Waals surface area contributed by atoms with Crippen LogP contribution in [-0.4, -0.2) is 55.2 Å². The molecule has 0 aliphatic rings. The number of allylic oxidation sites excluding steroid dienone is 1. The normalized spacial score (nSPS) is 12.9. The van der Waals surface area contributed by atoms with Crippen LogP contribution in [0.4, 0.5) is 0 Å². The Morgan fingerprint density at radius 3 is 2.29 bits per heavy atom. The monoisotopic (exact) mass is 396 g/mol. The van der Waals surface area contributed by atoms with Gasteiger partial charge in [-0.2, -0.15) is 0 Å². The van der Waals surface area contributed by atoms with E-state index in [1.807, 2.05) is 0 Å². The molecule has 0 saturated heterocycles. The van der Waals surface area contributed by atoms with Crippen molar-refractivity contribution in [3.63, 3.8) is 0 Å². The smallest absolute Gasteiger partial charge is 0.376 e. The molecule has 9 nitrogen and oxygen atoms in total. The third kappa shape index (κ3) is 6.42. The fourth-order valence-electron chi connectivity index (χ4n) is 2.15. The number of ether oxygens (including phenoxy) is 4. The highest BCUT2D eigenvalue weighted by atomic mass is 16.5. The third-order valence-electron chi connectivity index (χ3n) is 3.64. The second-order valence-electron chi connectivity index (χ2n) is 5.83. The Labute approximate surface area is 162 Å². The van der Waals surface area contributed by atoms with E-state index in [9.17, 15) is 24.9 Å². The summed E-state index contributed by atoms with van der Waals surface area (Å²) in [6.07, 6.45) is 2.38. The molecule has 154 valence electrons. The number of methoxy groups -OCH3 is 3. The summed E-state index contributed by atoms with van der Waals surface area (Å²) >= 11 is 0. The molecule has 0 saturated carbocycles. The largest absolute Gasteiger partial charge is 0.508 e. The predicted octanol–water partition coefficient (Wildman–Crippen LogP) is 2.49. The van der Waals surface area contributed by atoms with E-state index >= 15 is 0 Å². The van der Waals surface area contributed by atoms with Crippen molar-refractivity contribution in [3.8, 4) is 17.2 Å². The number of carbonyl (C=O) groups excluding carboxylic acids is 2. The first-order valence-electron chi connectivity index (χ1n) is 8.22. The van der Waals surface area contributed by atoms with Crippen molar-refractivity contribution in [2.45, 2.75) is 13.3 Å². The molecule has 9 heteroatoms. The SMILES string of the molecule is COC(=O)/C(O)=C(/O)CC(C)COC(=O)/C=C/c1cc(OC)c(OC)cc1O. The molecule has 1 atom stereocenters. The van der Waals surface area contributed by atoms with Crippen molar-refractivity contribution < 1.29 is 43.9 Å². The first kappa shape index (κ1) is 22.7. The average molecular weight is 396 g/mol. The number of phenols is 1. The van der Waals surface area contributed by atoms with Crippen molar-refractivity contribution >= 4 is 18.0 Å². The quantitative estimate of drug-likeness (QED) is 0.327. The summed E-state index contributed by atoms with van der Waals surface area (Å²) in [6.45, 7) is 1.58. The molecule has 0 heterocycles. The van der Waals surface area contributed by atoms with Gasteiger partial charge in [-0.05, 0) is 18.1 Å². The maximum atomic E-state index is 11.8. The number of aliphatic hydroxyl groups excluding tert-OH is 2. The minimum atomic E-state index is -1.06. The Hall–Kier alpha value is -3.36. The van der Waals surface area contributed by atoms with E-state index in [0.29, 0.717) is 17.1 Å². The zero-order valence-electron chi connectivity index (χ0n) is 16.1. The van der Waals surface area contributed by atoms with Crippen LogP contribution in [0.15, 0.2) is 29.7 Å². The number of aliphatic hydroxyl groups is 2. The summed E-state index contributed by atoms with van der Waals surface area (Å²) < 4.78 is 19.5. The third-order valence-corrected chi connectivity index (χ3v) is 3.64. The Morgan fingerprint density at radius 2 is 1.71 bits per heavy atom. The fraction of sp³-hybridized carbons (Fsp3) is 0.368. The number of aromatic hydroxyl groups is 1. The highest BCUT2D eigenvalue weighted by Crippen LogP contribution is 2.34. The molecule has 0 aliphatic heterocycles. The second-order valence-corrected chi connectivity index (χ2v) is 5.83. The van der Waals surface area contributed by atoms with E-state index in [1.165, 1.54) is 32.4 Å². The van der Waals surface area contributed by atoms with Gasteiger partial charge in [-0.1, -0.05) is 6.92 Å². The Bertz CT molecular complexity index is 765. The first-order chi connectivity index (χ1) is 13.2. The number of rotatable bonds is 9. The van der Waals surface area contributed by atoms with Gasteiger partial charge < -0.3 is 34.3 Å². The van der Waals surface area contributed by atoms with Crippen molar-refractivity contribution in [2.75, 3.05) is 27.9 Å². The lowest BCUT2D eigenvalue weighted by molar-refractivity contribution is -0.140. The minimum absolute atomic E-state index is 0.0698. The number of hydrogen-bond donors (Lipinski definition) is 3. The lowest BCUT2D eigenvalue weighted by atomic mass is 10.1. The Balaban J connectivity index is 2.67. The predicted molar refractivity (Wildman–Crippen MR) is 99.3 cm³/mol. The molecule has 1 aromatic carbocycles. The summed E-state index contributed by atoms with van der Waals surface area (Å²) in [5.41, 5.74) is 0.325. The molecule has 0 fully saturated rings. The Morgan fingerprint density at radius 1 is 1.11 bits per heavy atom. The molecule has 1 unspecified atom stereocenters. The molecule has 0 aliphatic carbocycles. The van der Waals surface area contributed by atoms with Crippen LogP contribution < -0.4 is 9.47 Å². The van der Waals surface area contributed by atoms with Crippen molar-refractivity contribution in [1.29, 1.82) is 0 Å². The summed E-state index contributed by atoms with van der Waals surface area (Å²) in [5.74, 6) is -2.93. The van der Waals surface area contributed by atoms with E-state index in [1.54, 1.807) is 6.92 Å². The second kappa shape index (κ2) is 10.7. The summed E-state index contributed by atoms with van der Waals surface area (Å²) in [6, 6.07) is 2.85. The van der Waals surface area contributed by atoms with Crippen LogP contribution in [0.1, 0.15) is 18.9 Å². The van der Waals surface area contributed by atoms with Crippen LogP contribution in [0.2, 0.25) is 0 Å². The molecular formula is C19H24O9. The molecule has 3 N–H and O–H groups in total. The summed E-state index contributed by atoms with van der Waals surface area (Å²) in [4.78, 5) is 23.0. The van der Waals surface area contributed by atoms with Crippen molar-refractivity contribution in [1.82, 2.24) is 0 Å². The van der Waals surface area contributed by atoms with Crippen LogP contribution in [0.3, 0.4) is 0 Å². The lowest BCUT2D eigenvalue weighted by Gasteiger charge is -2.11. The van der Waals surface area contributed by atoms with E-state index in [0.717, 1.165) is 13.2 Å². The van der Waals surface area contributed by atoms with E-state index in [4.69, 9.17) is 14.2 Å². The molecule has 0 amide bonds. The molecule has 0 radical (unpaired) electrons. The fourth-order valence-corrected chi connectivity index (χ4v) is 2.15. The van der Waals surface area contributed by atoms with Gasteiger partial charge in [-0.25, -0.2) is 9.59 Å². The lowest BCUT2D eigenvalue weighted by Crippen LogP contribution is -2.13. The number of carbonyl (C=O) groups is 2. The van der Waals surface area contributed by atoms with E-state index in [2.05, 4.69) is 4.74 Å². The standard InChI is InChI=1S/C19H24O9/c1-11(7-14(21)18(23)19(24)27-4)10-28-17(22)6-5-12-8-15(25-2)16(26-3)9-13(12)20/h5-6,8-9,11,20-21,23H,7,10H2,1-4H3/b6-5+,18-14-. The van der Waals surface area contributed by atoms with Gasteiger partial charge in [-0.3, -0.25) is 0 Å². The number of phenolic OH excluding ortho intramolecular Hbond substituents is 1. The van der Waals surface area contributed by atoms with Gasteiger partial charge in [0.1, 0.15) is 11.5 Å². The Kier molecular flexibility index (Phi) is 8.67. The zero-order valence-corrected chi connectivity index (χ0v) is 16.1. The van der Waals surface area contributed by atoms with E-state index < -0.39 is 23.5 Å². The molecule has 0 spiro atoms. The van der Waals surface area contributed by atoms with Gasteiger partial charge in [0.2, 0.25) is 5.76 Å². The maximum Gasteiger partial charge on any atom is 0.376 e. The average Bonchev–Trinajstić information content (AvgIpc) is 2.69. The number of hydrogen-bond acceptors (Lipinski definition) is 9. The van der Waals surface area contributed by atoms with Crippen LogP contribution in [0, 0.1) is 5.92 Å². The van der Waals surface area contributed by atoms with Gasteiger partial charge in [0, 0.05) is 24.1 Å². The number of benzene rings is 1. The first-order valence-corrected chi connectivity index (χ1v) is 8.22.